The Labute approximate surface area is 198 Å². The van der Waals surface area contributed by atoms with Crippen molar-refractivity contribution >= 4 is 56.2 Å². The molecule has 0 spiro atoms. The topological polar surface area (TPSA) is 71.5 Å². The van der Waals surface area contributed by atoms with E-state index in [0.29, 0.717) is 16.3 Å². The van der Waals surface area contributed by atoms with Crippen molar-refractivity contribution in [2.75, 3.05) is 31.0 Å². The molecule has 2 aromatic heterocycles. The van der Waals surface area contributed by atoms with Crippen LogP contribution in [0.2, 0.25) is 5.02 Å². The number of amides is 2. The summed E-state index contributed by atoms with van der Waals surface area (Å²) >= 11 is 7.07. The van der Waals surface area contributed by atoms with Crippen LogP contribution in [0.25, 0.3) is 21.2 Å². The molecular formula is C24H19ClFN3O3S. The Kier molecular flexibility index (Phi) is 6.69. The van der Waals surface area contributed by atoms with E-state index in [1.165, 1.54) is 35.5 Å². The lowest BCUT2D eigenvalue weighted by Crippen LogP contribution is -2.25. The molecule has 168 valence electrons. The maximum absolute atomic E-state index is 13.8. The van der Waals surface area contributed by atoms with E-state index in [1.54, 1.807) is 37.6 Å². The van der Waals surface area contributed by atoms with E-state index < -0.39 is 5.82 Å². The summed E-state index contributed by atoms with van der Waals surface area (Å²) in [5, 5.41) is 3.63. The Hall–Kier alpha value is -3.33. The Morgan fingerprint density at radius 2 is 1.91 bits per heavy atom. The van der Waals surface area contributed by atoms with Crippen molar-refractivity contribution in [3.63, 3.8) is 0 Å². The fourth-order valence-electron chi connectivity index (χ4n) is 3.33. The molecule has 0 aliphatic rings. The lowest BCUT2D eigenvalue weighted by Gasteiger charge is -2.16. The average molecular weight is 484 g/mol. The molecule has 1 N–H and O–H groups in total. The van der Waals surface area contributed by atoms with Crippen LogP contribution in [-0.4, -0.2) is 37.6 Å². The summed E-state index contributed by atoms with van der Waals surface area (Å²) in [6.45, 7) is -0.0200. The number of nitrogens with one attached hydrogen (secondary N) is 1. The molecule has 0 aliphatic heterocycles. The van der Waals surface area contributed by atoms with Gasteiger partial charge < -0.3 is 15.0 Å². The number of carbonyl (C=O) groups is 2. The minimum atomic E-state index is -0.585. The number of carbonyl (C=O) groups excluding carboxylic acids is 2. The number of aromatic nitrogens is 1. The van der Waals surface area contributed by atoms with E-state index in [1.807, 2.05) is 18.2 Å². The number of nitrogens with zero attached hydrogens (tertiary/aromatic N) is 2. The van der Waals surface area contributed by atoms with Gasteiger partial charge in [-0.05, 0) is 42.0 Å². The third kappa shape index (κ3) is 4.88. The first-order chi connectivity index (χ1) is 15.9. The lowest BCUT2D eigenvalue weighted by atomic mass is 10.0. The maximum Gasteiger partial charge on any atom is 0.268 e. The number of pyridine rings is 1. The van der Waals surface area contributed by atoms with Gasteiger partial charge in [0, 0.05) is 48.9 Å². The summed E-state index contributed by atoms with van der Waals surface area (Å²) in [4.78, 5) is 31.0. The largest absolute Gasteiger partial charge is 0.375 e. The van der Waals surface area contributed by atoms with Gasteiger partial charge in [-0.3, -0.25) is 14.6 Å². The van der Waals surface area contributed by atoms with Crippen LogP contribution >= 0.6 is 22.9 Å². The molecule has 2 amide bonds. The highest BCUT2D eigenvalue weighted by molar-refractivity contribution is 7.21. The molecule has 0 saturated heterocycles. The molecule has 2 aromatic carbocycles. The van der Waals surface area contributed by atoms with Gasteiger partial charge in [0.25, 0.3) is 5.91 Å². The smallest absolute Gasteiger partial charge is 0.268 e. The van der Waals surface area contributed by atoms with Crippen LogP contribution in [0, 0.1) is 5.82 Å². The van der Waals surface area contributed by atoms with Gasteiger partial charge in [0.1, 0.15) is 12.4 Å². The number of thiophene rings is 1. The quantitative estimate of drug-likeness (QED) is 0.386. The molecule has 4 aromatic rings. The number of hydrogen-bond acceptors (Lipinski definition) is 5. The highest BCUT2D eigenvalue weighted by Crippen LogP contribution is 2.35. The second-order valence-corrected chi connectivity index (χ2v) is 8.72. The first kappa shape index (κ1) is 22.8. The third-order valence-electron chi connectivity index (χ3n) is 5.01. The number of benzene rings is 2. The van der Waals surface area contributed by atoms with Gasteiger partial charge in [-0.2, -0.15) is 0 Å². The normalized spacial score (nSPS) is 10.9. The van der Waals surface area contributed by atoms with Crippen molar-refractivity contribution in [1.29, 1.82) is 0 Å². The monoisotopic (exact) mass is 483 g/mol. The molecule has 2 heterocycles. The SMILES string of the molecule is COCC(=O)Nc1ccc(-c2cncc3sc(C(=O)N(C)c4ccc(Cl)c(F)c4)cc23)cc1. The second kappa shape index (κ2) is 9.66. The molecular weight excluding hydrogens is 465 g/mol. The predicted molar refractivity (Wildman–Crippen MR) is 130 cm³/mol. The number of anilines is 2. The molecule has 0 bridgehead atoms. The first-order valence-corrected chi connectivity index (χ1v) is 11.1. The molecule has 0 unspecified atom stereocenters. The molecule has 6 nitrogen and oxygen atoms in total. The number of fused-ring (bicyclic) bond motifs is 1. The van der Waals surface area contributed by atoms with Crippen LogP contribution in [0.1, 0.15) is 9.67 Å². The number of ether oxygens (including phenoxy) is 1. The lowest BCUT2D eigenvalue weighted by molar-refractivity contribution is -0.119. The molecule has 0 aliphatic carbocycles. The predicted octanol–water partition coefficient (Wildman–Crippen LogP) is 5.62. The average Bonchev–Trinajstić information content (AvgIpc) is 3.25. The first-order valence-electron chi connectivity index (χ1n) is 9.87. The molecule has 0 saturated carbocycles. The maximum atomic E-state index is 13.8. The Morgan fingerprint density at radius 3 is 2.61 bits per heavy atom. The van der Waals surface area contributed by atoms with Crippen LogP contribution in [-0.2, 0) is 9.53 Å². The summed E-state index contributed by atoms with van der Waals surface area (Å²) < 4.78 is 19.5. The van der Waals surface area contributed by atoms with Gasteiger partial charge in [-0.1, -0.05) is 23.7 Å². The van der Waals surface area contributed by atoms with Crippen molar-refractivity contribution in [2.45, 2.75) is 0 Å². The van der Waals surface area contributed by atoms with Gasteiger partial charge in [0.15, 0.2) is 0 Å². The van der Waals surface area contributed by atoms with Crippen molar-refractivity contribution in [3.8, 4) is 11.1 Å². The van der Waals surface area contributed by atoms with E-state index in [2.05, 4.69) is 10.3 Å². The van der Waals surface area contributed by atoms with Crippen LogP contribution in [0.15, 0.2) is 60.9 Å². The van der Waals surface area contributed by atoms with E-state index in [9.17, 15) is 14.0 Å². The van der Waals surface area contributed by atoms with Gasteiger partial charge in [-0.25, -0.2) is 4.39 Å². The van der Waals surface area contributed by atoms with Gasteiger partial charge >= 0.3 is 0 Å². The summed E-state index contributed by atoms with van der Waals surface area (Å²) in [5.41, 5.74) is 2.81. The van der Waals surface area contributed by atoms with Crippen LogP contribution in [0.4, 0.5) is 15.8 Å². The number of halogens is 2. The zero-order chi connectivity index (χ0) is 23.5. The van der Waals surface area contributed by atoms with Crippen LogP contribution < -0.4 is 10.2 Å². The number of hydrogen-bond donors (Lipinski definition) is 1. The fourth-order valence-corrected chi connectivity index (χ4v) is 4.48. The zero-order valence-electron chi connectivity index (χ0n) is 17.8. The summed E-state index contributed by atoms with van der Waals surface area (Å²) in [7, 11) is 3.05. The van der Waals surface area contributed by atoms with Crippen molar-refractivity contribution in [2.24, 2.45) is 0 Å². The highest BCUT2D eigenvalue weighted by Gasteiger charge is 2.19. The number of rotatable bonds is 6. The number of methoxy groups -OCH3 is 1. The minimum Gasteiger partial charge on any atom is -0.375 e. The van der Waals surface area contributed by atoms with Crippen molar-refractivity contribution in [1.82, 2.24) is 4.98 Å². The molecule has 0 atom stereocenters. The Morgan fingerprint density at radius 1 is 1.15 bits per heavy atom. The van der Waals surface area contributed by atoms with Gasteiger partial charge in [-0.15, -0.1) is 11.3 Å². The van der Waals surface area contributed by atoms with E-state index in [4.69, 9.17) is 16.3 Å². The van der Waals surface area contributed by atoms with Crippen LogP contribution in [0.5, 0.6) is 0 Å². The standard InChI is InChI=1S/C24H19ClFN3O3S/c1-29(16-7-8-19(25)20(26)9-16)24(31)21-10-17-18(11-27-12-22(17)33-21)14-3-5-15(6-4-14)28-23(30)13-32-2/h3-12H,13H2,1-2H3,(H,28,30). The van der Waals surface area contributed by atoms with E-state index in [0.717, 1.165) is 21.2 Å². The molecule has 4 rings (SSSR count). The zero-order valence-corrected chi connectivity index (χ0v) is 19.3. The van der Waals surface area contributed by atoms with Crippen molar-refractivity contribution in [3.05, 3.63) is 76.6 Å². The Bertz CT molecular complexity index is 1340. The highest BCUT2D eigenvalue weighted by atomic mass is 35.5. The van der Waals surface area contributed by atoms with Crippen molar-refractivity contribution < 1.29 is 18.7 Å². The summed E-state index contributed by atoms with van der Waals surface area (Å²) in [6.07, 6.45) is 3.45. The minimum absolute atomic E-state index is 0.00135. The van der Waals surface area contributed by atoms with Crippen LogP contribution in [0.3, 0.4) is 0 Å². The molecule has 33 heavy (non-hydrogen) atoms. The van der Waals surface area contributed by atoms with Gasteiger partial charge in [0.2, 0.25) is 5.91 Å². The molecule has 0 radical (unpaired) electrons. The summed E-state index contributed by atoms with van der Waals surface area (Å²) in [5.74, 6) is -1.08. The Balaban J connectivity index is 1.62. The summed E-state index contributed by atoms with van der Waals surface area (Å²) in [6, 6.07) is 13.4. The third-order valence-corrected chi connectivity index (χ3v) is 6.37. The fraction of sp³-hybridized carbons (Fsp3) is 0.125. The second-order valence-electron chi connectivity index (χ2n) is 7.23. The molecule has 0 fully saturated rings. The van der Waals surface area contributed by atoms with Gasteiger partial charge in [0.05, 0.1) is 14.6 Å². The molecule has 9 heteroatoms. The van der Waals surface area contributed by atoms with E-state index in [-0.39, 0.29) is 23.4 Å². The van der Waals surface area contributed by atoms with E-state index >= 15 is 0 Å².